The number of carbonyl (C=O) groups is 1. The zero-order valence-corrected chi connectivity index (χ0v) is 13.4. The second-order valence-electron chi connectivity index (χ2n) is 4.34. The fourth-order valence-electron chi connectivity index (χ4n) is 1.64. The molecule has 0 radical (unpaired) electrons. The van der Waals surface area contributed by atoms with E-state index < -0.39 is 0 Å². The van der Waals surface area contributed by atoms with Crippen LogP contribution in [0.4, 0.5) is 11.4 Å². The van der Waals surface area contributed by atoms with Crippen molar-refractivity contribution >= 4 is 52.2 Å². The van der Waals surface area contributed by atoms with Crippen LogP contribution in [0.3, 0.4) is 0 Å². The summed E-state index contributed by atoms with van der Waals surface area (Å²) in [4.78, 5) is 12.9. The van der Waals surface area contributed by atoms with Crippen LogP contribution in [0.25, 0.3) is 0 Å². The maximum atomic E-state index is 11.8. The van der Waals surface area contributed by atoms with E-state index in [0.29, 0.717) is 33.6 Å². The number of thioether (sulfide) groups is 1. The first kappa shape index (κ1) is 16.0. The highest BCUT2D eigenvalue weighted by Crippen LogP contribution is 2.23. The van der Waals surface area contributed by atoms with Gasteiger partial charge in [-0.1, -0.05) is 23.2 Å². The SMILES string of the molecule is Nc1cc(NC(=O)CCSc2ccc(Cl)cc2)ccc1Cl. The number of halogens is 2. The lowest BCUT2D eigenvalue weighted by Gasteiger charge is -2.07. The summed E-state index contributed by atoms with van der Waals surface area (Å²) < 4.78 is 0. The van der Waals surface area contributed by atoms with Gasteiger partial charge in [0.05, 0.1) is 10.7 Å². The Bertz CT molecular complexity index is 632. The van der Waals surface area contributed by atoms with E-state index in [-0.39, 0.29) is 5.91 Å². The van der Waals surface area contributed by atoms with Gasteiger partial charge in [0, 0.05) is 27.8 Å². The predicted molar refractivity (Wildman–Crippen MR) is 91.3 cm³/mol. The Balaban J connectivity index is 1.79. The number of nitrogen functional groups attached to an aromatic ring is 1. The third kappa shape index (κ3) is 5.16. The highest BCUT2D eigenvalue weighted by Gasteiger charge is 2.05. The molecule has 0 heterocycles. The number of nitrogens with one attached hydrogen (secondary N) is 1. The molecule has 0 aliphatic rings. The van der Waals surface area contributed by atoms with Gasteiger partial charge in [0.1, 0.15) is 0 Å². The Morgan fingerprint density at radius 1 is 1.14 bits per heavy atom. The summed E-state index contributed by atoms with van der Waals surface area (Å²) in [6.07, 6.45) is 0.413. The molecule has 0 aliphatic heterocycles. The highest BCUT2D eigenvalue weighted by molar-refractivity contribution is 7.99. The first-order chi connectivity index (χ1) is 10.0. The quantitative estimate of drug-likeness (QED) is 0.612. The normalized spacial score (nSPS) is 10.4. The lowest BCUT2D eigenvalue weighted by Crippen LogP contribution is -2.12. The van der Waals surface area contributed by atoms with Gasteiger partial charge < -0.3 is 11.1 Å². The van der Waals surface area contributed by atoms with Gasteiger partial charge in [0.2, 0.25) is 5.91 Å². The molecule has 0 saturated carbocycles. The van der Waals surface area contributed by atoms with Gasteiger partial charge in [-0.15, -0.1) is 11.8 Å². The number of carbonyl (C=O) groups excluding carboxylic acids is 1. The predicted octanol–water partition coefficient (Wildman–Crippen LogP) is 4.70. The highest BCUT2D eigenvalue weighted by atomic mass is 35.5. The third-order valence-corrected chi connectivity index (χ3v) is 4.30. The average Bonchev–Trinajstić information content (AvgIpc) is 2.45. The van der Waals surface area contributed by atoms with Crippen molar-refractivity contribution in [1.82, 2.24) is 0 Å². The van der Waals surface area contributed by atoms with E-state index in [4.69, 9.17) is 28.9 Å². The van der Waals surface area contributed by atoms with Gasteiger partial charge in [0.15, 0.2) is 0 Å². The maximum Gasteiger partial charge on any atom is 0.225 e. The molecule has 0 unspecified atom stereocenters. The van der Waals surface area contributed by atoms with E-state index in [1.165, 1.54) is 0 Å². The molecular weight excluding hydrogens is 327 g/mol. The van der Waals surface area contributed by atoms with E-state index in [1.807, 2.05) is 24.3 Å². The van der Waals surface area contributed by atoms with Crippen molar-refractivity contribution in [3.05, 3.63) is 52.5 Å². The van der Waals surface area contributed by atoms with Crippen molar-refractivity contribution in [3.63, 3.8) is 0 Å². The van der Waals surface area contributed by atoms with Crippen molar-refractivity contribution in [2.24, 2.45) is 0 Å². The molecule has 21 heavy (non-hydrogen) atoms. The van der Waals surface area contributed by atoms with E-state index >= 15 is 0 Å². The van der Waals surface area contributed by atoms with E-state index in [1.54, 1.807) is 30.0 Å². The second kappa shape index (κ2) is 7.59. The molecule has 3 N–H and O–H groups in total. The number of benzene rings is 2. The molecule has 0 bridgehead atoms. The molecule has 0 atom stereocenters. The maximum absolute atomic E-state index is 11.8. The smallest absolute Gasteiger partial charge is 0.225 e. The van der Waals surface area contributed by atoms with Crippen LogP contribution in [-0.2, 0) is 4.79 Å². The van der Waals surface area contributed by atoms with Gasteiger partial charge in [-0.05, 0) is 42.5 Å². The molecule has 2 rings (SSSR count). The van der Waals surface area contributed by atoms with Crippen molar-refractivity contribution in [2.75, 3.05) is 16.8 Å². The standard InChI is InChI=1S/C15H14Cl2N2OS/c16-10-1-4-12(5-2-10)21-8-7-15(20)19-11-3-6-13(17)14(18)9-11/h1-6,9H,7-8,18H2,(H,19,20). The number of hydrogen-bond acceptors (Lipinski definition) is 3. The third-order valence-electron chi connectivity index (χ3n) is 2.69. The summed E-state index contributed by atoms with van der Waals surface area (Å²) in [5.74, 6) is 0.634. The molecule has 0 saturated heterocycles. The van der Waals surface area contributed by atoms with Crippen molar-refractivity contribution in [2.45, 2.75) is 11.3 Å². The van der Waals surface area contributed by atoms with Crippen LogP contribution < -0.4 is 11.1 Å². The second-order valence-corrected chi connectivity index (χ2v) is 6.35. The zero-order chi connectivity index (χ0) is 15.2. The molecule has 2 aromatic carbocycles. The minimum atomic E-state index is -0.0572. The molecule has 110 valence electrons. The van der Waals surface area contributed by atoms with Crippen LogP contribution in [0.5, 0.6) is 0 Å². The van der Waals surface area contributed by atoms with E-state index in [9.17, 15) is 4.79 Å². The number of rotatable bonds is 5. The first-order valence-corrected chi connectivity index (χ1v) is 8.02. The van der Waals surface area contributed by atoms with Gasteiger partial charge in [-0.2, -0.15) is 0 Å². The summed E-state index contributed by atoms with van der Waals surface area (Å²) in [7, 11) is 0. The summed E-state index contributed by atoms with van der Waals surface area (Å²) in [5.41, 5.74) is 6.79. The van der Waals surface area contributed by atoms with Crippen LogP contribution in [0.15, 0.2) is 47.4 Å². The van der Waals surface area contributed by atoms with E-state index in [0.717, 1.165) is 4.90 Å². The van der Waals surface area contributed by atoms with Crippen LogP contribution in [0, 0.1) is 0 Å². The zero-order valence-electron chi connectivity index (χ0n) is 11.1. The lowest BCUT2D eigenvalue weighted by molar-refractivity contribution is -0.115. The summed E-state index contributed by atoms with van der Waals surface area (Å²) >= 11 is 13.3. The number of hydrogen-bond donors (Lipinski definition) is 2. The molecule has 0 spiro atoms. The summed E-state index contributed by atoms with van der Waals surface area (Å²) in [5, 5.41) is 3.98. The summed E-state index contributed by atoms with van der Waals surface area (Å²) in [6, 6.07) is 12.6. The molecule has 3 nitrogen and oxygen atoms in total. The van der Waals surface area contributed by atoms with Gasteiger partial charge in [-0.3, -0.25) is 4.79 Å². The van der Waals surface area contributed by atoms with Gasteiger partial charge >= 0.3 is 0 Å². The van der Waals surface area contributed by atoms with Crippen LogP contribution in [0.1, 0.15) is 6.42 Å². The number of anilines is 2. The largest absolute Gasteiger partial charge is 0.397 e. The lowest BCUT2D eigenvalue weighted by atomic mass is 10.2. The Kier molecular flexibility index (Phi) is 5.79. The molecule has 6 heteroatoms. The minimum absolute atomic E-state index is 0.0572. The van der Waals surface area contributed by atoms with Gasteiger partial charge in [0.25, 0.3) is 0 Å². The summed E-state index contributed by atoms with van der Waals surface area (Å²) in [6.45, 7) is 0. The fourth-order valence-corrected chi connectivity index (χ4v) is 2.73. The Morgan fingerprint density at radius 3 is 2.52 bits per heavy atom. The van der Waals surface area contributed by atoms with Crippen LogP contribution in [0.2, 0.25) is 10.0 Å². The molecule has 0 fully saturated rings. The molecule has 0 aromatic heterocycles. The Hall–Kier alpha value is -1.36. The molecule has 0 aliphatic carbocycles. The number of amides is 1. The first-order valence-electron chi connectivity index (χ1n) is 6.28. The van der Waals surface area contributed by atoms with E-state index in [2.05, 4.69) is 5.32 Å². The van der Waals surface area contributed by atoms with Gasteiger partial charge in [-0.25, -0.2) is 0 Å². The topological polar surface area (TPSA) is 55.1 Å². The molecule has 1 amide bonds. The monoisotopic (exact) mass is 340 g/mol. The minimum Gasteiger partial charge on any atom is -0.397 e. The van der Waals surface area contributed by atoms with Crippen LogP contribution in [-0.4, -0.2) is 11.7 Å². The molecular formula is C15H14Cl2N2OS. The number of nitrogens with two attached hydrogens (primary N) is 1. The Morgan fingerprint density at radius 2 is 1.86 bits per heavy atom. The fraction of sp³-hybridized carbons (Fsp3) is 0.133. The van der Waals surface area contributed by atoms with Crippen molar-refractivity contribution in [1.29, 1.82) is 0 Å². The van der Waals surface area contributed by atoms with Crippen molar-refractivity contribution in [3.8, 4) is 0 Å². The van der Waals surface area contributed by atoms with Crippen molar-refractivity contribution < 1.29 is 4.79 Å². The van der Waals surface area contributed by atoms with Crippen LogP contribution >= 0.6 is 35.0 Å². The average molecular weight is 341 g/mol. The Labute approximate surface area is 137 Å². The molecule has 2 aromatic rings.